The third-order valence-corrected chi connectivity index (χ3v) is 3.61. The molecule has 0 bridgehead atoms. The summed E-state index contributed by atoms with van der Waals surface area (Å²) < 4.78 is 9.97. The van der Waals surface area contributed by atoms with Gasteiger partial charge >= 0.3 is 23.9 Å². The van der Waals surface area contributed by atoms with E-state index in [1.165, 1.54) is 24.3 Å². The van der Waals surface area contributed by atoms with Crippen molar-refractivity contribution in [1.82, 2.24) is 0 Å². The molecule has 26 heavy (non-hydrogen) atoms. The minimum Gasteiger partial charge on any atom is -0.478 e. The Balaban J connectivity index is 0.000000263. The van der Waals surface area contributed by atoms with Gasteiger partial charge in [-0.3, -0.25) is 9.59 Å². The molecule has 0 radical (unpaired) electrons. The number of hydrogen-bond acceptors (Lipinski definition) is 6. The third kappa shape index (κ3) is 7.78. The Morgan fingerprint density at radius 3 is 1.85 bits per heavy atom. The summed E-state index contributed by atoms with van der Waals surface area (Å²) in [4.78, 5) is 43.0. The molecule has 1 aromatic carbocycles. The van der Waals surface area contributed by atoms with Crippen LogP contribution in [0.15, 0.2) is 24.3 Å². The van der Waals surface area contributed by atoms with Gasteiger partial charge in [0.1, 0.15) is 0 Å². The summed E-state index contributed by atoms with van der Waals surface area (Å²) in [7, 11) is 0. The summed E-state index contributed by atoms with van der Waals surface area (Å²) in [5, 5.41) is 16.9. The van der Waals surface area contributed by atoms with Gasteiger partial charge in [0.15, 0.2) is 0 Å². The molecule has 142 valence electrons. The van der Waals surface area contributed by atoms with Crippen LogP contribution in [-0.4, -0.2) is 47.3 Å². The largest absolute Gasteiger partial charge is 0.478 e. The van der Waals surface area contributed by atoms with Crippen molar-refractivity contribution in [3.63, 3.8) is 0 Å². The smallest absolute Gasteiger partial charge is 0.335 e. The van der Waals surface area contributed by atoms with E-state index in [2.05, 4.69) is 0 Å². The monoisotopic (exact) mass is 366 g/mol. The highest BCUT2D eigenvalue weighted by Gasteiger charge is 2.17. The summed E-state index contributed by atoms with van der Waals surface area (Å²) in [6.45, 7) is 2.64. The maximum atomic E-state index is 11.3. The Hall–Kier alpha value is -2.90. The number of benzene rings is 1. The predicted molar refractivity (Wildman–Crippen MR) is 89.9 cm³/mol. The molecule has 0 spiro atoms. The standard InChI is InChI=1S/C10H16O4.C8H6O4/c1-8-4-5-9(11)13-6-2-3-7-14-10(8)12;9-7(10)5-1-2-6(4-3-5)8(11)12/h8H,2-7H2,1H3;1-4H,(H,9,10)(H,11,12). The van der Waals surface area contributed by atoms with Crippen molar-refractivity contribution in [3.8, 4) is 0 Å². The zero-order valence-corrected chi connectivity index (χ0v) is 14.5. The molecule has 0 amide bonds. The number of carboxylic acids is 2. The van der Waals surface area contributed by atoms with E-state index in [0.717, 1.165) is 12.8 Å². The summed E-state index contributed by atoms with van der Waals surface area (Å²) in [6, 6.07) is 5.02. The fourth-order valence-corrected chi connectivity index (χ4v) is 1.98. The van der Waals surface area contributed by atoms with E-state index >= 15 is 0 Å². The molecular weight excluding hydrogens is 344 g/mol. The zero-order valence-electron chi connectivity index (χ0n) is 14.5. The Kier molecular flexibility index (Phi) is 8.83. The average molecular weight is 366 g/mol. The topological polar surface area (TPSA) is 127 Å². The van der Waals surface area contributed by atoms with Crippen LogP contribution in [0.25, 0.3) is 0 Å². The number of ether oxygens (including phenoxy) is 2. The van der Waals surface area contributed by atoms with Crippen LogP contribution < -0.4 is 0 Å². The molecule has 1 saturated heterocycles. The van der Waals surface area contributed by atoms with Crippen LogP contribution in [0.3, 0.4) is 0 Å². The molecule has 1 heterocycles. The van der Waals surface area contributed by atoms with Crippen LogP contribution in [0.5, 0.6) is 0 Å². The van der Waals surface area contributed by atoms with Gasteiger partial charge in [-0.2, -0.15) is 0 Å². The van der Waals surface area contributed by atoms with Crippen LogP contribution in [0.4, 0.5) is 0 Å². The third-order valence-electron chi connectivity index (χ3n) is 3.61. The SMILES string of the molecule is CC1CCC(=O)OCCCCOC1=O.O=C(O)c1ccc(C(=O)O)cc1. The average Bonchev–Trinajstić information content (AvgIpc) is 2.65. The fraction of sp³-hybridized carbons (Fsp3) is 0.444. The first kappa shape index (κ1) is 21.1. The normalized spacial score (nSPS) is 18.3. The van der Waals surface area contributed by atoms with E-state index in [1.807, 2.05) is 0 Å². The molecular formula is C18H22O8. The van der Waals surface area contributed by atoms with E-state index in [-0.39, 0.29) is 29.0 Å². The second-order valence-corrected chi connectivity index (χ2v) is 5.72. The molecule has 1 fully saturated rings. The molecule has 0 saturated carbocycles. The Morgan fingerprint density at radius 1 is 0.923 bits per heavy atom. The van der Waals surface area contributed by atoms with Crippen molar-refractivity contribution in [2.75, 3.05) is 13.2 Å². The van der Waals surface area contributed by atoms with Gasteiger partial charge in [-0.1, -0.05) is 6.92 Å². The summed E-state index contributed by atoms with van der Waals surface area (Å²) in [6.07, 6.45) is 2.33. The van der Waals surface area contributed by atoms with Crippen molar-refractivity contribution in [2.24, 2.45) is 5.92 Å². The lowest BCUT2D eigenvalue weighted by atomic mass is 10.1. The van der Waals surface area contributed by atoms with E-state index in [0.29, 0.717) is 26.1 Å². The maximum absolute atomic E-state index is 11.3. The van der Waals surface area contributed by atoms with E-state index in [9.17, 15) is 19.2 Å². The summed E-state index contributed by atoms with van der Waals surface area (Å²) >= 11 is 0. The highest BCUT2D eigenvalue weighted by Crippen LogP contribution is 2.10. The van der Waals surface area contributed by atoms with Crippen molar-refractivity contribution >= 4 is 23.9 Å². The quantitative estimate of drug-likeness (QED) is 0.764. The molecule has 8 heteroatoms. The first-order valence-electron chi connectivity index (χ1n) is 8.20. The Morgan fingerprint density at radius 2 is 1.38 bits per heavy atom. The van der Waals surface area contributed by atoms with Crippen molar-refractivity contribution in [3.05, 3.63) is 35.4 Å². The molecule has 1 unspecified atom stereocenters. The van der Waals surface area contributed by atoms with Crippen LogP contribution in [-0.2, 0) is 19.1 Å². The molecule has 1 atom stereocenters. The second kappa shape index (κ2) is 10.9. The minimum atomic E-state index is -1.06. The number of carbonyl (C=O) groups is 4. The molecule has 2 rings (SSSR count). The van der Waals surface area contributed by atoms with Gasteiger partial charge in [0, 0.05) is 6.42 Å². The number of aromatic carboxylic acids is 2. The summed E-state index contributed by atoms with van der Waals surface area (Å²) in [5.41, 5.74) is 0.167. The number of carboxylic acid groups (broad SMARTS) is 2. The Bertz CT molecular complexity index is 602. The summed E-state index contributed by atoms with van der Waals surface area (Å²) in [5.74, 6) is -2.76. The van der Waals surface area contributed by atoms with Gasteiger partial charge in [-0.05, 0) is 43.5 Å². The van der Waals surface area contributed by atoms with Crippen LogP contribution in [0, 0.1) is 5.92 Å². The number of carbonyl (C=O) groups excluding carboxylic acids is 2. The second-order valence-electron chi connectivity index (χ2n) is 5.72. The van der Waals surface area contributed by atoms with Crippen LogP contribution in [0.2, 0.25) is 0 Å². The highest BCUT2D eigenvalue weighted by atomic mass is 16.5. The van der Waals surface area contributed by atoms with Crippen LogP contribution in [0.1, 0.15) is 53.3 Å². The van der Waals surface area contributed by atoms with Gasteiger partial charge in [0.05, 0.1) is 30.3 Å². The van der Waals surface area contributed by atoms with Gasteiger partial charge in [0.2, 0.25) is 0 Å². The zero-order chi connectivity index (χ0) is 19.5. The van der Waals surface area contributed by atoms with Gasteiger partial charge in [-0.15, -0.1) is 0 Å². The van der Waals surface area contributed by atoms with Gasteiger partial charge in [-0.25, -0.2) is 9.59 Å². The molecule has 1 aromatic rings. The molecule has 1 aliphatic heterocycles. The van der Waals surface area contributed by atoms with Crippen molar-refractivity contribution in [1.29, 1.82) is 0 Å². The lowest BCUT2D eigenvalue weighted by molar-refractivity contribution is -0.148. The highest BCUT2D eigenvalue weighted by molar-refractivity contribution is 5.91. The number of hydrogen-bond donors (Lipinski definition) is 2. The number of cyclic esters (lactones) is 2. The lowest BCUT2D eigenvalue weighted by Gasteiger charge is -2.08. The van der Waals surface area contributed by atoms with Crippen molar-refractivity contribution in [2.45, 2.75) is 32.6 Å². The van der Waals surface area contributed by atoms with E-state index < -0.39 is 11.9 Å². The van der Waals surface area contributed by atoms with Crippen molar-refractivity contribution < 1.29 is 38.9 Å². The molecule has 0 aliphatic carbocycles. The van der Waals surface area contributed by atoms with E-state index in [1.54, 1.807) is 6.92 Å². The van der Waals surface area contributed by atoms with Gasteiger partial charge < -0.3 is 19.7 Å². The number of rotatable bonds is 2. The predicted octanol–water partition coefficient (Wildman–Crippen LogP) is 2.37. The minimum absolute atomic E-state index is 0.0833. The first-order valence-corrected chi connectivity index (χ1v) is 8.20. The molecule has 1 aliphatic rings. The maximum Gasteiger partial charge on any atom is 0.335 e. The fourth-order valence-electron chi connectivity index (χ4n) is 1.98. The first-order chi connectivity index (χ1) is 12.3. The van der Waals surface area contributed by atoms with Crippen LogP contribution >= 0.6 is 0 Å². The number of esters is 2. The van der Waals surface area contributed by atoms with E-state index in [4.69, 9.17) is 19.7 Å². The Labute approximate surface area is 150 Å². The van der Waals surface area contributed by atoms with Gasteiger partial charge in [0.25, 0.3) is 0 Å². The lowest BCUT2D eigenvalue weighted by Crippen LogP contribution is -2.16. The molecule has 0 aromatic heterocycles. The molecule has 2 N–H and O–H groups in total. The molecule has 8 nitrogen and oxygen atoms in total.